The van der Waals surface area contributed by atoms with E-state index in [9.17, 15) is 0 Å². The lowest BCUT2D eigenvalue weighted by Crippen LogP contribution is -2.46. The molecule has 0 spiro atoms. The van der Waals surface area contributed by atoms with Gasteiger partial charge >= 0.3 is 0 Å². The zero-order valence-electron chi connectivity index (χ0n) is 36.5. The smallest absolute Gasteiger partial charge is 0.0594 e. The molecule has 0 nitrogen and oxygen atoms in total. The van der Waals surface area contributed by atoms with Crippen molar-refractivity contribution in [1.82, 2.24) is 0 Å². The predicted molar refractivity (Wildman–Crippen MR) is 246 cm³/mol. The lowest BCUT2D eigenvalue weighted by Gasteiger charge is -2.46. The number of allylic oxidation sites excluding steroid dienone is 4. The Kier molecular flexibility index (Phi) is 10.4. The molecule has 4 aliphatic carbocycles. The summed E-state index contributed by atoms with van der Waals surface area (Å²) in [6, 6.07) is 35.4. The lowest BCUT2D eigenvalue weighted by atomic mass is 9.70. The summed E-state index contributed by atoms with van der Waals surface area (Å²) in [5.41, 5.74) is 17.1. The maximum atomic E-state index is 2.85. The van der Waals surface area contributed by atoms with Crippen molar-refractivity contribution in [3.63, 3.8) is 0 Å². The number of fused-ring (bicyclic) bond motifs is 2. The third kappa shape index (κ3) is 7.29. The first-order valence-corrected chi connectivity index (χ1v) is 25.5. The van der Waals surface area contributed by atoms with Crippen LogP contribution in [-0.4, -0.2) is 8.07 Å². The van der Waals surface area contributed by atoms with Crippen molar-refractivity contribution < 1.29 is 0 Å². The summed E-state index contributed by atoms with van der Waals surface area (Å²) in [6.45, 7) is 25.3. The van der Waals surface area contributed by atoms with E-state index in [0.717, 1.165) is 11.5 Å². The highest BCUT2D eigenvalue weighted by atomic mass is 28.3. The highest BCUT2D eigenvalue weighted by Crippen LogP contribution is 2.63. The van der Waals surface area contributed by atoms with E-state index in [2.05, 4.69) is 178 Å². The molecule has 8 rings (SSSR count). The third-order valence-corrected chi connectivity index (χ3v) is 20.4. The van der Waals surface area contributed by atoms with Gasteiger partial charge in [-0.05, 0) is 139 Å². The van der Waals surface area contributed by atoms with Gasteiger partial charge in [-0.2, -0.15) is 0 Å². The fraction of sp³-hybridized carbons (Fsp3) is 0.491. The van der Waals surface area contributed by atoms with E-state index >= 15 is 0 Å². The van der Waals surface area contributed by atoms with E-state index in [4.69, 9.17) is 0 Å². The van der Waals surface area contributed by atoms with Gasteiger partial charge in [-0.25, -0.2) is 0 Å². The second-order valence-electron chi connectivity index (χ2n) is 21.9. The van der Waals surface area contributed by atoms with Crippen LogP contribution in [-0.2, 0) is 17.3 Å². The Labute approximate surface area is 342 Å². The van der Waals surface area contributed by atoms with Crippen molar-refractivity contribution in [2.24, 2.45) is 29.1 Å². The van der Waals surface area contributed by atoms with Crippen LogP contribution in [0.1, 0.15) is 134 Å². The van der Waals surface area contributed by atoms with Gasteiger partial charge in [0.25, 0.3) is 0 Å². The number of rotatable bonds is 7. The molecule has 2 fully saturated rings. The van der Waals surface area contributed by atoms with Gasteiger partial charge in [-0.1, -0.05) is 197 Å². The molecule has 0 N–H and O–H groups in total. The highest BCUT2D eigenvalue weighted by molar-refractivity contribution is 6.80. The largest absolute Gasteiger partial charge is 0.0808 e. The van der Waals surface area contributed by atoms with E-state index in [-0.39, 0.29) is 10.8 Å². The molecule has 4 aromatic carbocycles. The van der Waals surface area contributed by atoms with Crippen LogP contribution in [0.5, 0.6) is 0 Å². The average molecular weight is 759 g/mol. The van der Waals surface area contributed by atoms with Crippen LogP contribution in [0, 0.1) is 29.1 Å². The van der Waals surface area contributed by atoms with Gasteiger partial charge in [0.15, 0.2) is 0 Å². The van der Waals surface area contributed by atoms with E-state index in [1.807, 2.05) is 0 Å². The second-order valence-corrected chi connectivity index (χ2v) is 26.8. The molecule has 4 aromatic rings. The minimum atomic E-state index is -1.93. The summed E-state index contributed by atoms with van der Waals surface area (Å²) < 4.78 is 0. The van der Waals surface area contributed by atoms with E-state index in [1.54, 1.807) is 16.7 Å². The molecule has 0 amide bonds. The van der Waals surface area contributed by atoms with Crippen LogP contribution in [0.2, 0.25) is 18.6 Å². The molecule has 0 aromatic heterocycles. The Morgan fingerprint density at radius 2 is 1.32 bits per heavy atom. The van der Waals surface area contributed by atoms with Gasteiger partial charge in [0, 0.05) is 0 Å². The van der Waals surface area contributed by atoms with E-state index in [1.165, 1.54) is 90.3 Å². The normalized spacial score (nSPS) is 26.1. The van der Waals surface area contributed by atoms with Gasteiger partial charge in [-0.3, -0.25) is 0 Å². The summed E-state index contributed by atoms with van der Waals surface area (Å²) >= 11 is 0. The molecule has 4 aliphatic rings. The monoisotopic (exact) mass is 759 g/mol. The van der Waals surface area contributed by atoms with E-state index in [0.29, 0.717) is 28.7 Å². The van der Waals surface area contributed by atoms with Crippen LogP contribution in [0.25, 0.3) is 27.8 Å². The predicted octanol–water partition coefficient (Wildman–Crippen LogP) is 15.8. The standard InChI is InChI=1S/C55H70Si/c1-37-31-49-46(45-24-16-15-23-43(45)38-21-13-11-14-22-38)26-20-27-47(49)51(37)56(9,10)52-40(36-55(8)29-17-12-18-30-55)34-50-44(25-19-28-48(50)52)39-32-41(53(2,3)4)35-42(33-39)54(5,6)7/h11,13-16,19-28,32-33,35,37,40,47,49,51-52H,12,17-18,29-31,34,36H2,1-10H3. The Bertz CT molecular complexity index is 2070. The molecule has 0 radical (unpaired) electrons. The minimum absolute atomic E-state index is 0.0983. The summed E-state index contributed by atoms with van der Waals surface area (Å²) in [5.74, 6) is 2.61. The maximum Gasteiger partial charge on any atom is 0.0594 e. The highest BCUT2D eigenvalue weighted by Gasteiger charge is 2.56. The first kappa shape index (κ1) is 39.4. The van der Waals surface area contributed by atoms with Crippen LogP contribution < -0.4 is 0 Å². The minimum Gasteiger partial charge on any atom is -0.0808 e. The molecule has 294 valence electrons. The molecule has 56 heavy (non-hydrogen) atoms. The average Bonchev–Trinajstić information content (AvgIpc) is 3.71. The summed E-state index contributed by atoms with van der Waals surface area (Å²) in [4.78, 5) is 0. The SMILES string of the molecule is CC1CC2C(c3ccccc3-c3ccccc3)=CC=CC2C1[Si](C)(C)C1c2cccc(-c3cc(C(C)(C)C)cc(C(C)(C)C)c3)c2CC1CC1(C)CCCCC1. The van der Waals surface area contributed by atoms with Crippen LogP contribution in [0.3, 0.4) is 0 Å². The number of benzene rings is 4. The summed E-state index contributed by atoms with van der Waals surface area (Å²) in [6.07, 6.45) is 18.6. The molecule has 2 saturated carbocycles. The van der Waals surface area contributed by atoms with Gasteiger partial charge in [0.2, 0.25) is 0 Å². The molecular formula is C55H70Si. The molecular weight excluding hydrogens is 689 g/mol. The quantitative estimate of drug-likeness (QED) is 0.165. The third-order valence-electron chi connectivity index (χ3n) is 15.4. The molecule has 0 saturated heterocycles. The first-order chi connectivity index (χ1) is 26.5. The van der Waals surface area contributed by atoms with Crippen molar-refractivity contribution in [2.45, 2.75) is 142 Å². The van der Waals surface area contributed by atoms with Crippen LogP contribution in [0.4, 0.5) is 0 Å². The fourth-order valence-electron chi connectivity index (χ4n) is 12.8. The maximum absolute atomic E-state index is 2.85. The molecule has 0 heterocycles. The van der Waals surface area contributed by atoms with Crippen molar-refractivity contribution in [2.75, 3.05) is 0 Å². The molecule has 6 atom stereocenters. The van der Waals surface area contributed by atoms with E-state index < -0.39 is 8.07 Å². The van der Waals surface area contributed by atoms with Gasteiger partial charge in [0.1, 0.15) is 0 Å². The van der Waals surface area contributed by atoms with Gasteiger partial charge in [0.05, 0.1) is 8.07 Å². The molecule has 0 bridgehead atoms. The summed E-state index contributed by atoms with van der Waals surface area (Å²) in [7, 11) is -1.93. The first-order valence-electron chi connectivity index (χ1n) is 22.4. The number of hydrogen-bond acceptors (Lipinski definition) is 0. The van der Waals surface area contributed by atoms with Crippen molar-refractivity contribution in [1.29, 1.82) is 0 Å². The lowest BCUT2D eigenvalue weighted by molar-refractivity contribution is 0.164. The zero-order valence-corrected chi connectivity index (χ0v) is 37.5. The van der Waals surface area contributed by atoms with Crippen molar-refractivity contribution >= 4 is 13.6 Å². The molecule has 0 aliphatic heterocycles. The second kappa shape index (κ2) is 14.7. The Morgan fingerprint density at radius 3 is 1.98 bits per heavy atom. The molecule has 6 unspecified atom stereocenters. The van der Waals surface area contributed by atoms with Crippen LogP contribution in [0.15, 0.2) is 109 Å². The zero-order chi connectivity index (χ0) is 39.6. The Hall–Kier alpha value is -3.42. The summed E-state index contributed by atoms with van der Waals surface area (Å²) in [5, 5.41) is 0. The Morgan fingerprint density at radius 1 is 0.696 bits per heavy atom. The fourth-order valence-corrected chi connectivity index (χ4v) is 18.7. The number of hydrogen-bond donors (Lipinski definition) is 0. The topological polar surface area (TPSA) is 0 Å². The van der Waals surface area contributed by atoms with Gasteiger partial charge < -0.3 is 0 Å². The molecule has 1 heteroatoms. The van der Waals surface area contributed by atoms with Crippen molar-refractivity contribution in [3.8, 4) is 22.3 Å². The Balaban J connectivity index is 1.21. The van der Waals surface area contributed by atoms with Crippen LogP contribution >= 0.6 is 0 Å². The van der Waals surface area contributed by atoms with Gasteiger partial charge in [-0.15, -0.1) is 0 Å². The van der Waals surface area contributed by atoms with Crippen molar-refractivity contribution in [3.05, 3.63) is 137 Å².